The molecule has 0 unspecified atom stereocenters. The lowest BCUT2D eigenvalue weighted by atomic mass is 9.69. The van der Waals surface area contributed by atoms with Crippen LogP contribution in [0.2, 0.25) is 0 Å². The molecular formula is C17H26N4O3. The highest BCUT2D eigenvalue weighted by atomic mass is 16.5. The Kier molecular flexibility index (Phi) is 5.30. The highest BCUT2D eigenvalue weighted by molar-refractivity contribution is 5.77. The van der Waals surface area contributed by atoms with E-state index in [-0.39, 0.29) is 6.04 Å². The van der Waals surface area contributed by atoms with Crippen LogP contribution in [0.15, 0.2) is 18.5 Å². The Balaban J connectivity index is 1.79. The molecule has 7 heteroatoms. The summed E-state index contributed by atoms with van der Waals surface area (Å²) in [6.45, 7) is 3.87. The number of carboxylic acid groups (broad SMARTS) is 1. The number of methoxy groups -OCH3 is 1. The summed E-state index contributed by atoms with van der Waals surface area (Å²) in [6.07, 6.45) is 6.82. The summed E-state index contributed by atoms with van der Waals surface area (Å²) in [5, 5.41) is 10.1. The first-order chi connectivity index (χ1) is 11.7. The molecule has 0 bridgehead atoms. The van der Waals surface area contributed by atoms with Crippen LogP contribution >= 0.6 is 0 Å². The minimum atomic E-state index is -0.733. The number of carbonyl (C=O) groups is 1. The maximum atomic E-state index is 12.2. The van der Waals surface area contributed by atoms with Gasteiger partial charge in [0.25, 0.3) is 0 Å². The Morgan fingerprint density at radius 1 is 1.42 bits per heavy atom. The van der Waals surface area contributed by atoms with E-state index in [1.165, 1.54) is 0 Å². The number of piperidine rings is 2. The van der Waals surface area contributed by atoms with Gasteiger partial charge in [-0.3, -0.25) is 9.69 Å². The van der Waals surface area contributed by atoms with Gasteiger partial charge in [-0.15, -0.1) is 0 Å². The monoisotopic (exact) mass is 334 g/mol. The summed E-state index contributed by atoms with van der Waals surface area (Å²) in [7, 11) is 1.70. The quantitative estimate of drug-likeness (QED) is 0.785. The van der Waals surface area contributed by atoms with Crippen molar-refractivity contribution in [3.63, 3.8) is 0 Å². The number of rotatable bonds is 6. The second-order valence-corrected chi connectivity index (χ2v) is 6.72. The van der Waals surface area contributed by atoms with E-state index >= 15 is 0 Å². The molecule has 1 N–H and O–H groups in total. The fourth-order valence-corrected chi connectivity index (χ4v) is 4.23. The van der Waals surface area contributed by atoms with Gasteiger partial charge >= 0.3 is 5.97 Å². The fraction of sp³-hybridized carbons (Fsp3) is 0.706. The van der Waals surface area contributed by atoms with E-state index < -0.39 is 11.4 Å². The normalized spacial score (nSPS) is 27.7. The van der Waals surface area contributed by atoms with Crippen molar-refractivity contribution in [1.82, 2.24) is 14.9 Å². The zero-order valence-corrected chi connectivity index (χ0v) is 14.2. The molecule has 2 fully saturated rings. The lowest BCUT2D eigenvalue weighted by Gasteiger charge is -2.52. The summed E-state index contributed by atoms with van der Waals surface area (Å²) in [5.74, 6) is -0.0577. The number of hydrogen-bond donors (Lipinski definition) is 1. The van der Waals surface area contributed by atoms with Crippen molar-refractivity contribution in [3.05, 3.63) is 18.5 Å². The number of likely N-dealkylation sites (tertiary alicyclic amines) is 1. The smallest absolute Gasteiger partial charge is 0.313 e. The molecule has 7 nitrogen and oxygen atoms in total. The van der Waals surface area contributed by atoms with Crippen LogP contribution in [0.3, 0.4) is 0 Å². The van der Waals surface area contributed by atoms with Crippen LogP contribution in [-0.4, -0.2) is 71.9 Å². The minimum Gasteiger partial charge on any atom is -0.481 e. The summed E-state index contributed by atoms with van der Waals surface area (Å²) in [5.41, 5.74) is -0.733. The Morgan fingerprint density at radius 2 is 2.21 bits per heavy atom. The molecule has 3 rings (SSSR count). The van der Waals surface area contributed by atoms with Gasteiger partial charge in [-0.2, -0.15) is 0 Å². The third-order valence-corrected chi connectivity index (χ3v) is 5.35. The predicted molar refractivity (Wildman–Crippen MR) is 90.0 cm³/mol. The van der Waals surface area contributed by atoms with E-state index in [4.69, 9.17) is 4.74 Å². The largest absolute Gasteiger partial charge is 0.481 e. The molecule has 0 aliphatic carbocycles. The van der Waals surface area contributed by atoms with Crippen LogP contribution in [0.1, 0.15) is 25.7 Å². The zero-order chi connectivity index (χ0) is 17.0. The van der Waals surface area contributed by atoms with Crippen molar-refractivity contribution in [2.45, 2.75) is 31.7 Å². The molecule has 0 amide bonds. The number of aromatic nitrogens is 2. The summed E-state index contributed by atoms with van der Waals surface area (Å²) >= 11 is 0. The maximum absolute atomic E-state index is 12.2. The van der Waals surface area contributed by atoms with Gasteiger partial charge in [0.15, 0.2) is 0 Å². The molecule has 2 saturated heterocycles. The Hall–Kier alpha value is -1.73. The first kappa shape index (κ1) is 17.1. The van der Waals surface area contributed by atoms with E-state index in [1.54, 1.807) is 25.6 Å². The van der Waals surface area contributed by atoms with Crippen molar-refractivity contribution in [3.8, 4) is 0 Å². The number of ether oxygens (including phenoxy) is 1. The molecule has 2 aliphatic rings. The third kappa shape index (κ3) is 3.23. The van der Waals surface area contributed by atoms with Gasteiger partial charge in [0.1, 0.15) is 5.41 Å². The molecule has 0 aromatic carbocycles. The van der Waals surface area contributed by atoms with Crippen LogP contribution in [0.5, 0.6) is 0 Å². The van der Waals surface area contributed by atoms with E-state index in [0.717, 1.165) is 45.3 Å². The van der Waals surface area contributed by atoms with Gasteiger partial charge in [-0.1, -0.05) is 0 Å². The molecule has 1 aromatic rings. The molecule has 0 radical (unpaired) electrons. The van der Waals surface area contributed by atoms with E-state index in [9.17, 15) is 9.90 Å². The summed E-state index contributed by atoms with van der Waals surface area (Å²) in [4.78, 5) is 25.2. The van der Waals surface area contributed by atoms with Gasteiger partial charge in [-0.05, 0) is 38.3 Å². The summed E-state index contributed by atoms with van der Waals surface area (Å²) < 4.78 is 5.15. The zero-order valence-electron chi connectivity index (χ0n) is 14.2. The average molecular weight is 334 g/mol. The van der Waals surface area contributed by atoms with Crippen LogP contribution in [0.4, 0.5) is 5.95 Å². The standard InChI is InChI=1S/C17H26N4O3/c1-24-12-4-10-20-9-2-6-17(15(22)23)13-21(11-5-14(17)20)16-18-7-3-8-19-16/h3,7-8,14H,2,4-6,9-13H2,1H3,(H,22,23)/t14-,17+/m1/s1. The van der Waals surface area contributed by atoms with E-state index in [1.807, 2.05) is 4.90 Å². The lowest BCUT2D eigenvalue weighted by Crippen LogP contribution is -2.64. The highest BCUT2D eigenvalue weighted by Crippen LogP contribution is 2.42. The van der Waals surface area contributed by atoms with Gasteiger partial charge < -0.3 is 14.7 Å². The van der Waals surface area contributed by atoms with Crippen LogP contribution < -0.4 is 4.90 Å². The van der Waals surface area contributed by atoms with Gasteiger partial charge in [0.2, 0.25) is 5.95 Å². The minimum absolute atomic E-state index is 0.0839. The SMILES string of the molecule is COCCCN1CCC[C@]2(C(=O)O)CN(c3ncccn3)CC[C@@H]12. The van der Waals surface area contributed by atoms with E-state index in [2.05, 4.69) is 14.9 Å². The number of nitrogens with zero attached hydrogens (tertiary/aromatic N) is 4. The van der Waals surface area contributed by atoms with Crippen LogP contribution in [0.25, 0.3) is 0 Å². The second-order valence-electron chi connectivity index (χ2n) is 6.72. The van der Waals surface area contributed by atoms with Crippen molar-refractivity contribution in [2.24, 2.45) is 5.41 Å². The topological polar surface area (TPSA) is 78.8 Å². The number of anilines is 1. The Morgan fingerprint density at radius 3 is 2.92 bits per heavy atom. The maximum Gasteiger partial charge on any atom is 0.313 e. The van der Waals surface area contributed by atoms with Gasteiger partial charge in [-0.25, -0.2) is 9.97 Å². The molecular weight excluding hydrogens is 308 g/mol. The van der Waals surface area contributed by atoms with Gasteiger partial charge in [0, 0.05) is 51.8 Å². The first-order valence-electron chi connectivity index (χ1n) is 8.66. The molecule has 132 valence electrons. The van der Waals surface area contributed by atoms with Crippen molar-refractivity contribution >= 4 is 11.9 Å². The second kappa shape index (κ2) is 7.44. The number of hydrogen-bond acceptors (Lipinski definition) is 6. The highest BCUT2D eigenvalue weighted by Gasteiger charge is 2.53. The molecule has 0 saturated carbocycles. The third-order valence-electron chi connectivity index (χ3n) is 5.35. The average Bonchev–Trinajstić information content (AvgIpc) is 2.62. The summed E-state index contributed by atoms with van der Waals surface area (Å²) in [6, 6.07) is 1.86. The lowest BCUT2D eigenvalue weighted by molar-refractivity contribution is -0.158. The van der Waals surface area contributed by atoms with Crippen LogP contribution in [-0.2, 0) is 9.53 Å². The molecule has 2 atom stereocenters. The predicted octanol–water partition coefficient (Wildman–Crippen LogP) is 1.26. The van der Waals surface area contributed by atoms with E-state index in [0.29, 0.717) is 19.1 Å². The Labute approximate surface area is 142 Å². The van der Waals surface area contributed by atoms with Crippen LogP contribution in [0, 0.1) is 5.41 Å². The van der Waals surface area contributed by atoms with Crippen molar-refractivity contribution < 1.29 is 14.6 Å². The molecule has 2 aliphatic heterocycles. The number of aliphatic carboxylic acids is 1. The Bertz CT molecular complexity index is 556. The number of fused-ring (bicyclic) bond motifs is 1. The molecule has 1 aromatic heterocycles. The fourth-order valence-electron chi connectivity index (χ4n) is 4.23. The molecule has 24 heavy (non-hydrogen) atoms. The molecule has 0 spiro atoms. The van der Waals surface area contributed by atoms with Crippen molar-refractivity contribution in [1.29, 1.82) is 0 Å². The number of carboxylic acids is 1. The van der Waals surface area contributed by atoms with Gasteiger partial charge in [0.05, 0.1) is 0 Å². The first-order valence-corrected chi connectivity index (χ1v) is 8.66. The molecule has 3 heterocycles. The van der Waals surface area contributed by atoms with Crippen molar-refractivity contribution in [2.75, 3.05) is 44.8 Å².